The van der Waals surface area contributed by atoms with Gasteiger partial charge in [0.2, 0.25) is 0 Å². The predicted octanol–water partition coefficient (Wildman–Crippen LogP) is 9.43. The summed E-state index contributed by atoms with van der Waals surface area (Å²) in [6, 6.07) is 46.5. The number of hydrogen-bond acceptors (Lipinski definition) is 2. The minimum Gasteiger partial charge on any atom is -0.228 e. The van der Waals surface area contributed by atoms with Gasteiger partial charge in [-0.3, -0.25) is 0 Å². The molecule has 0 N–H and O–H groups in total. The standard InChI is InChI=1S/C36H28N2/c1-25-12-9-10-19-32(25)33-21-20-30(22-26(33)2)29-17-11-18-31(23-29)36-37-34(27-13-5-3-6-14-27)24-35(38-36)28-15-7-4-8-16-28/h3-24H,1-2H3. The zero-order valence-corrected chi connectivity index (χ0v) is 21.6. The van der Waals surface area contributed by atoms with Crippen LogP contribution in [-0.2, 0) is 0 Å². The van der Waals surface area contributed by atoms with E-state index in [1.807, 2.05) is 36.4 Å². The Kier molecular flexibility index (Phi) is 6.37. The summed E-state index contributed by atoms with van der Waals surface area (Å²) in [6.45, 7) is 4.35. The first kappa shape index (κ1) is 23.6. The van der Waals surface area contributed by atoms with Gasteiger partial charge in [0.25, 0.3) is 0 Å². The molecule has 0 unspecified atom stereocenters. The van der Waals surface area contributed by atoms with Crippen LogP contribution in [0.15, 0.2) is 133 Å². The van der Waals surface area contributed by atoms with Gasteiger partial charge in [-0.15, -0.1) is 0 Å². The fraction of sp³-hybridized carbons (Fsp3) is 0.0556. The van der Waals surface area contributed by atoms with Crippen LogP contribution in [-0.4, -0.2) is 9.97 Å². The SMILES string of the molecule is Cc1ccccc1-c1ccc(-c2cccc(-c3nc(-c4ccccc4)cc(-c4ccccc4)n3)c2)cc1C. The van der Waals surface area contributed by atoms with Gasteiger partial charge < -0.3 is 0 Å². The van der Waals surface area contributed by atoms with Gasteiger partial charge in [0.1, 0.15) is 0 Å². The van der Waals surface area contributed by atoms with Crippen LogP contribution in [0.5, 0.6) is 0 Å². The van der Waals surface area contributed by atoms with Gasteiger partial charge in [-0.05, 0) is 59.4 Å². The summed E-state index contributed by atoms with van der Waals surface area (Å²) in [7, 11) is 0. The third-order valence-electron chi connectivity index (χ3n) is 6.98. The van der Waals surface area contributed by atoms with E-state index in [2.05, 4.69) is 111 Å². The van der Waals surface area contributed by atoms with Crippen LogP contribution < -0.4 is 0 Å². The first-order chi connectivity index (χ1) is 18.7. The van der Waals surface area contributed by atoms with E-state index < -0.39 is 0 Å². The number of benzene rings is 5. The highest BCUT2D eigenvalue weighted by Gasteiger charge is 2.12. The van der Waals surface area contributed by atoms with Crippen molar-refractivity contribution in [1.82, 2.24) is 9.97 Å². The number of aromatic nitrogens is 2. The average Bonchev–Trinajstić information content (AvgIpc) is 2.98. The molecule has 2 heteroatoms. The van der Waals surface area contributed by atoms with Crippen molar-refractivity contribution in [3.8, 4) is 56.2 Å². The summed E-state index contributed by atoms with van der Waals surface area (Å²) in [5, 5.41) is 0. The summed E-state index contributed by atoms with van der Waals surface area (Å²) in [5.74, 6) is 0.723. The van der Waals surface area contributed by atoms with Crippen molar-refractivity contribution in [3.63, 3.8) is 0 Å². The van der Waals surface area contributed by atoms with Gasteiger partial charge >= 0.3 is 0 Å². The first-order valence-corrected chi connectivity index (χ1v) is 12.9. The Morgan fingerprint density at radius 2 is 0.895 bits per heavy atom. The molecule has 0 bridgehead atoms. The van der Waals surface area contributed by atoms with Crippen molar-refractivity contribution in [2.45, 2.75) is 13.8 Å². The third kappa shape index (κ3) is 4.77. The number of aryl methyl sites for hydroxylation is 2. The Bertz CT molecular complexity index is 1660. The fourth-order valence-corrected chi connectivity index (χ4v) is 4.95. The van der Waals surface area contributed by atoms with Gasteiger partial charge in [0.15, 0.2) is 5.82 Å². The maximum absolute atomic E-state index is 5.00. The molecule has 38 heavy (non-hydrogen) atoms. The summed E-state index contributed by atoms with van der Waals surface area (Å²) in [4.78, 5) is 10.0. The van der Waals surface area contributed by atoms with E-state index in [9.17, 15) is 0 Å². The third-order valence-corrected chi connectivity index (χ3v) is 6.98. The molecule has 5 aromatic carbocycles. The van der Waals surface area contributed by atoms with E-state index in [-0.39, 0.29) is 0 Å². The Morgan fingerprint density at radius 1 is 0.368 bits per heavy atom. The molecular formula is C36H28N2. The lowest BCUT2D eigenvalue weighted by atomic mass is 9.93. The number of hydrogen-bond donors (Lipinski definition) is 0. The molecule has 0 saturated carbocycles. The molecule has 6 aromatic rings. The summed E-state index contributed by atoms with van der Waals surface area (Å²) >= 11 is 0. The van der Waals surface area contributed by atoms with E-state index in [4.69, 9.17) is 9.97 Å². The molecular weight excluding hydrogens is 460 g/mol. The van der Waals surface area contributed by atoms with Crippen LogP contribution in [0, 0.1) is 13.8 Å². The highest BCUT2D eigenvalue weighted by molar-refractivity contribution is 5.78. The van der Waals surface area contributed by atoms with Crippen LogP contribution in [0.1, 0.15) is 11.1 Å². The molecule has 0 aliphatic carbocycles. The minimum absolute atomic E-state index is 0.723. The summed E-state index contributed by atoms with van der Waals surface area (Å²) in [6.07, 6.45) is 0. The lowest BCUT2D eigenvalue weighted by Gasteiger charge is -2.13. The van der Waals surface area contributed by atoms with Crippen LogP contribution in [0.2, 0.25) is 0 Å². The van der Waals surface area contributed by atoms with E-state index in [0.717, 1.165) is 39.5 Å². The van der Waals surface area contributed by atoms with Crippen molar-refractivity contribution in [1.29, 1.82) is 0 Å². The zero-order valence-electron chi connectivity index (χ0n) is 21.6. The van der Waals surface area contributed by atoms with Gasteiger partial charge in [-0.1, -0.05) is 121 Å². The topological polar surface area (TPSA) is 25.8 Å². The summed E-state index contributed by atoms with van der Waals surface area (Å²) in [5.41, 5.74) is 12.4. The van der Waals surface area contributed by atoms with E-state index >= 15 is 0 Å². The average molecular weight is 489 g/mol. The van der Waals surface area contributed by atoms with E-state index in [1.165, 1.54) is 27.8 Å². The van der Waals surface area contributed by atoms with Gasteiger partial charge in [0.05, 0.1) is 11.4 Å². The molecule has 182 valence electrons. The molecule has 6 rings (SSSR count). The van der Waals surface area contributed by atoms with Gasteiger partial charge in [-0.25, -0.2) is 9.97 Å². The molecule has 0 spiro atoms. The van der Waals surface area contributed by atoms with Crippen molar-refractivity contribution in [2.24, 2.45) is 0 Å². The second kappa shape index (κ2) is 10.3. The molecule has 0 radical (unpaired) electrons. The molecule has 0 aliphatic rings. The molecule has 2 nitrogen and oxygen atoms in total. The molecule has 0 atom stereocenters. The monoisotopic (exact) mass is 488 g/mol. The lowest BCUT2D eigenvalue weighted by Crippen LogP contribution is -1.96. The summed E-state index contributed by atoms with van der Waals surface area (Å²) < 4.78 is 0. The minimum atomic E-state index is 0.723. The van der Waals surface area contributed by atoms with Gasteiger partial charge in [0, 0.05) is 16.7 Å². The highest BCUT2D eigenvalue weighted by Crippen LogP contribution is 2.33. The maximum Gasteiger partial charge on any atom is 0.160 e. The van der Waals surface area contributed by atoms with E-state index in [1.54, 1.807) is 0 Å². The maximum atomic E-state index is 5.00. The van der Waals surface area contributed by atoms with Crippen LogP contribution in [0.3, 0.4) is 0 Å². The van der Waals surface area contributed by atoms with Crippen molar-refractivity contribution in [3.05, 3.63) is 145 Å². The van der Waals surface area contributed by atoms with Crippen molar-refractivity contribution >= 4 is 0 Å². The smallest absolute Gasteiger partial charge is 0.160 e. The second-order valence-corrected chi connectivity index (χ2v) is 9.62. The van der Waals surface area contributed by atoms with Crippen molar-refractivity contribution < 1.29 is 0 Å². The zero-order chi connectivity index (χ0) is 25.9. The molecule has 0 saturated heterocycles. The largest absolute Gasteiger partial charge is 0.228 e. The Hall–Kier alpha value is -4.82. The lowest BCUT2D eigenvalue weighted by molar-refractivity contribution is 1.18. The Labute approximate surface area is 224 Å². The first-order valence-electron chi connectivity index (χ1n) is 12.9. The van der Waals surface area contributed by atoms with Crippen molar-refractivity contribution in [2.75, 3.05) is 0 Å². The molecule has 0 aliphatic heterocycles. The normalized spacial score (nSPS) is 10.9. The predicted molar refractivity (Wildman–Crippen MR) is 159 cm³/mol. The molecule has 1 heterocycles. The number of rotatable bonds is 5. The molecule has 0 amide bonds. The molecule has 0 fully saturated rings. The van der Waals surface area contributed by atoms with Crippen LogP contribution in [0.25, 0.3) is 56.2 Å². The number of nitrogens with zero attached hydrogens (tertiary/aromatic N) is 2. The molecule has 1 aromatic heterocycles. The Balaban J connectivity index is 1.43. The van der Waals surface area contributed by atoms with Gasteiger partial charge in [-0.2, -0.15) is 0 Å². The quantitative estimate of drug-likeness (QED) is 0.241. The second-order valence-electron chi connectivity index (χ2n) is 9.62. The van der Waals surface area contributed by atoms with Crippen LogP contribution in [0.4, 0.5) is 0 Å². The Morgan fingerprint density at radius 3 is 1.53 bits per heavy atom. The van der Waals surface area contributed by atoms with E-state index in [0.29, 0.717) is 0 Å². The van der Waals surface area contributed by atoms with Crippen LogP contribution >= 0.6 is 0 Å². The fourth-order valence-electron chi connectivity index (χ4n) is 4.95. The highest BCUT2D eigenvalue weighted by atomic mass is 14.9.